The largest absolute Gasteiger partial charge is 0.481 e. The molecule has 0 fully saturated rings. The second-order valence-corrected chi connectivity index (χ2v) is 5.04. The van der Waals surface area contributed by atoms with Crippen LogP contribution >= 0.6 is 23.2 Å². The minimum atomic E-state index is -0.986. The smallest absolute Gasteiger partial charge is 0.306 e. The van der Waals surface area contributed by atoms with Crippen LogP contribution in [0.5, 0.6) is 0 Å². The third-order valence-electron chi connectivity index (χ3n) is 2.62. The summed E-state index contributed by atoms with van der Waals surface area (Å²) < 4.78 is 4.95. The van der Waals surface area contributed by atoms with Gasteiger partial charge >= 0.3 is 5.97 Å². The van der Waals surface area contributed by atoms with E-state index >= 15 is 0 Å². The molecule has 0 saturated heterocycles. The predicted molar refractivity (Wildman–Crippen MR) is 81.6 cm³/mol. The van der Waals surface area contributed by atoms with E-state index in [-0.39, 0.29) is 18.9 Å². The number of hydrogen-bond acceptors (Lipinski definition) is 3. The molecule has 1 rings (SSSR count). The molecular weight excluding hydrogens is 317 g/mol. The Bertz CT molecular complexity index is 546. The molecule has 0 aliphatic rings. The van der Waals surface area contributed by atoms with E-state index < -0.39 is 12.1 Å². The Morgan fingerprint density at radius 2 is 2.14 bits per heavy atom. The van der Waals surface area contributed by atoms with E-state index in [2.05, 4.69) is 5.32 Å². The van der Waals surface area contributed by atoms with Crippen LogP contribution in [-0.2, 0) is 14.3 Å². The first kappa shape index (κ1) is 17.5. The van der Waals surface area contributed by atoms with Gasteiger partial charge in [-0.25, -0.2) is 0 Å². The molecule has 5 nitrogen and oxygen atoms in total. The number of ether oxygens (including phenoxy) is 1. The number of benzene rings is 1. The number of methoxy groups -OCH3 is 1. The van der Waals surface area contributed by atoms with Gasteiger partial charge in [-0.15, -0.1) is 0 Å². The fraction of sp³-hybridized carbons (Fsp3) is 0.286. The monoisotopic (exact) mass is 331 g/mol. The summed E-state index contributed by atoms with van der Waals surface area (Å²) in [6.07, 6.45) is 2.11. The van der Waals surface area contributed by atoms with Gasteiger partial charge in [0.25, 0.3) is 0 Å². The van der Waals surface area contributed by atoms with Crippen LogP contribution < -0.4 is 5.32 Å². The molecule has 1 atom stereocenters. The van der Waals surface area contributed by atoms with E-state index in [1.54, 1.807) is 24.3 Å². The molecule has 1 unspecified atom stereocenters. The van der Waals surface area contributed by atoms with Crippen molar-refractivity contribution in [3.05, 3.63) is 39.9 Å². The quantitative estimate of drug-likeness (QED) is 0.753. The van der Waals surface area contributed by atoms with Crippen molar-refractivity contribution in [2.75, 3.05) is 13.7 Å². The third-order valence-corrected chi connectivity index (χ3v) is 3.18. The summed E-state index contributed by atoms with van der Waals surface area (Å²) in [5.74, 6) is -1.35. The highest BCUT2D eigenvalue weighted by Crippen LogP contribution is 2.21. The van der Waals surface area contributed by atoms with Crippen LogP contribution in [0.4, 0.5) is 0 Å². The van der Waals surface area contributed by atoms with Gasteiger partial charge < -0.3 is 15.2 Å². The lowest BCUT2D eigenvalue weighted by atomic mass is 10.2. The average Bonchev–Trinajstić information content (AvgIpc) is 2.42. The van der Waals surface area contributed by atoms with E-state index in [1.165, 1.54) is 13.2 Å². The first-order chi connectivity index (χ1) is 9.92. The molecule has 7 heteroatoms. The van der Waals surface area contributed by atoms with Crippen LogP contribution in [0.2, 0.25) is 10.0 Å². The summed E-state index contributed by atoms with van der Waals surface area (Å²) in [6, 6.07) is 4.93. The van der Waals surface area contributed by atoms with E-state index in [0.29, 0.717) is 15.6 Å². The van der Waals surface area contributed by atoms with Gasteiger partial charge in [0.1, 0.15) is 0 Å². The first-order valence-electron chi connectivity index (χ1n) is 6.08. The SMILES string of the molecule is COC(CNC(=O)/C=C/c1ccc(Cl)cc1Cl)CC(=O)O. The van der Waals surface area contributed by atoms with Gasteiger partial charge in [0, 0.05) is 29.8 Å². The summed E-state index contributed by atoms with van der Waals surface area (Å²) >= 11 is 11.7. The van der Waals surface area contributed by atoms with Crippen LogP contribution in [0.25, 0.3) is 6.08 Å². The number of carboxylic acids is 1. The van der Waals surface area contributed by atoms with Crippen molar-refractivity contribution in [1.82, 2.24) is 5.32 Å². The Labute approximate surface area is 132 Å². The molecular formula is C14H15Cl2NO4. The van der Waals surface area contributed by atoms with Crippen molar-refractivity contribution in [2.24, 2.45) is 0 Å². The fourth-order valence-electron chi connectivity index (χ4n) is 1.51. The van der Waals surface area contributed by atoms with Crippen LogP contribution in [0.3, 0.4) is 0 Å². The number of carbonyl (C=O) groups is 2. The molecule has 1 aromatic carbocycles. The summed E-state index contributed by atoms with van der Waals surface area (Å²) in [5.41, 5.74) is 0.657. The summed E-state index contributed by atoms with van der Waals surface area (Å²) in [7, 11) is 1.39. The molecule has 0 aromatic heterocycles. The highest BCUT2D eigenvalue weighted by Gasteiger charge is 2.12. The maximum atomic E-state index is 11.6. The molecule has 0 spiro atoms. The molecule has 0 heterocycles. The van der Waals surface area contributed by atoms with Gasteiger partial charge in [0.05, 0.1) is 12.5 Å². The number of carboxylic acid groups (broad SMARTS) is 1. The van der Waals surface area contributed by atoms with Crippen LogP contribution in [-0.4, -0.2) is 36.7 Å². The Morgan fingerprint density at radius 3 is 2.71 bits per heavy atom. The number of aliphatic carboxylic acids is 1. The second kappa shape index (κ2) is 8.67. The molecule has 0 saturated carbocycles. The first-order valence-corrected chi connectivity index (χ1v) is 6.83. The zero-order valence-corrected chi connectivity index (χ0v) is 12.8. The lowest BCUT2D eigenvalue weighted by Crippen LogP contribution is -2.33. The number of rotatable bonds is 7. The van der Waals surface area contributed by atoms with Crippen molar-refractivity contribution < 1.29 is 19.4 Å². The van der Waals surface area contributed by atoms with Crippen LogP contribution in [0.1, 0.15) is 12.0 Å². The van der Waals surface area contributed by atoms with Gasteiger partial charge in [-0.1, -0.05) is 29.3 Å². The van der Waals surface area contributed by atoms with Crippen molar-refractivity contribution in [3.8, 4) is 0 Å². The van der Waals surface area contributed by atoms with E-state index in [1.807, 2.05) is 0 Å². The number of nitrogens with one attached hydrogen (secondary N) is 1. The minimum absolute atomic E-state index is 0.111. The zero-order valence-electron chi connectivity index (χ0n) is 11.3. The second-order valence-electron chi connectivity index (χ2n) is 4.20. The maximum Gasteiger partial charge on any atom is 0.306 e. The van der Waals surface area contributed by atoms with Gasteiger partial charge in [0.15, 0.2) is 0 Å². The molecule has 0 radical (unpaired) electrons. The minimum Gasteiger partial charge on any atom is -0.481 e. The molecule has 0 bridgehead atoms. The van der Waals surface area contributed by atoms with Gasteiger partial charge in [0.2, 0.25) is 5.91 Å². The fourth-order valence-corrected chi connectivity index (χ4v) is 1.98. The number of hydrogen-bond donors (Lipinski definition) is 2. The van der Waals surface area contributed by atoms with E-state index in [0.717, 1.165) is 0 Å². The van der Waals surface area contributed by atoms with Crippen molar-refractivity contribution >= 4 is 41.2 Å². The van der Waals surface area contributed by atoms with Gasteiger partial charge in [-0.05, 0) is 23.8 Å². The number of halogens is 2. The zero-order chi connectivity index (χ0) is 15.8. The molecule has 2 N–H and O–H groups in total. The Kier molecular flexibility index (Phi) is 7.22. The van der Waals surface area contributed by atoms with E-state index in [4.69, 9.17) is 33.0 Å². The van der Waals surface area contributed by atoms with Crippen LogP contribution in [0.15, 0.2) is 24.3 Å². The van der Waals surface area contributed by atoms with Crippen LogP contribution in [0, 0.1) is 0 Å². The van der Waals surface area contributed by atoms with Crippen molar-refractivity contribution in [3.63, 3.8) is 0 Å². The lowest BCUT2D eigenvalue weighted by Gasteiger charge is -2.12. The van der Waals surface area contributed by atoms with Gasteiger partial charge in [-0.3, -0.25) is 9.59 Å². The van der Waals surface area contributed by atoms with E-state index in [9.17, 15) is 9.59 Å². The standard InChI is InChI=1S/C14H15Cl2NO4/c1-21-11(7-14(19)20)8-17-13(18)5-3-9-2-4-10(15)6-12(9)16/h2-6,11H,7-8H2,1H3,(H,17,18)(H,19,20)/b5-3+. The average molecular weight is 332 g/mol. The molecule has 0 aliphatic carbocycles. The summed E-state index contributed by atoms with van der Waals surface area (Å²) in [6.45, 7) is 0.111. The summed E-state index contributed by atoms with van der Waals surface area (Å²) in [5, 5.41) is 12.2. The predicted octanol–water partition coefficient (Wildman–Crippen LogP) is 2.61. The Balaban J connectivity index is 2.53. The molecule has 1 amide bonds. The molecule has 1 aromatic rings. The summed E-state index contributed by atoms with van der Waals surface area (Å²) in [4.78, 5) is 22.2. The van der Waals surface area contributed by atoms with Gasteiger partial charge in [-0.2, -0.15) is 0 Å². The number of carbonyl (C=O) groups excluding carboxylic acids is 1. The lowest BCUT2D eigenvalue weighted by molar-refractivity contribution is -0.140. The van der Waals surface area contributed by atoms with Crippen molar-refractivity contribution in [1.29, 1.82) is 0 Å². The highest BCUT2D eigenvalue weighted by molar-refractivity contribution is 6.35. The molecule has 114 valence electrons. The highest BCUT2D eigenvalue weighted by atomic mass is 35.5. The van der Waals surface area contributed by atoms with Crippen molar-refractivity contribution in [2.45, 2.75) is 12.5 Å². The molecule has 21 heavy (non-hydrogen) atoms. The molecule has 0 aliphatic heterocycles. The maximum absolute atomic E-state index is 11.6. The Hall–Kier alpha value is -1.56. The number of amides is 1. The normalized spacial score (nSPS) is 12.3. The topological polar surface area (TPSA) is 75.6 Å². The third kappa shape index (κ3) is 6.62. The Morgan fingerprint density at radius 1 is 1.43 bits per heavy atom.